The summed E-state index contributed by atoms with van der Waals surface area (Å²) in [6.45, 7) is 3.91. The SMILES string of the molecule is CC(C)Oc1ccc(-c2noc(C3CCC(=O)N3Cc3cccc(C(F)(F)F)c3)n2)cc1. The highest BCUT2D eigenvalue weighted by atomic mass is 19.4. The fraction of sp³-hybridized carbons (Fsp3) is 0.348. The molecule has 1 fully saturated rings. The van der Waals surface area contributed by atoms with E-state index < -0.39 is 17.8 Å². The summed E-state index contributed by atoms with van der Waals surface area (Å²) in [4.78, 5) is 18.4. The van der Waals surface area contributed by atoms with E-state index in [0.29, 0.717) is 17.8 Å². The van der Waals surface area contributed by atoms with Crippen LogP contribution >= 0.6 is 0 Å². The maximum Gasteiger partial charge on any atom is 0.416 e. The van der Waals surface area contributed by atoms with Crippen LogP contribution in [0.2, 0.25) is 0 Å². The first kappa shape index (κ1) is 21.9. The number of ether oxygens (including phenoxy) is 1. The lowest BCUT2D eigenvalue weighted by Gasteiger charge is -2.22. The lowest BCUT2D eigenvalue weighted by atomic mass is 10.1. The molecule has 2 heterocycles. The van der Waals surface area contributed by atoms with Gasteiger partial charge >= 0.3 is 6.18 Å². The summed E-state index contributed by atoms with van der Waals surface area (Å²) in [7, 11) is 0. The van der Waals surface area contributed by atoms with Gasteiger partial charge in [0, 0.05) is 18.5 Å². The van der Waals surface area contributed by atoms with Gasteiger partial charge in [-0.15, -0.1) is 0 Å². The minimum absolute atomic E-state index is 0.0341. The van der Waals surface area contributed by atoms with Gasteiger partial charge in [-0.2, -0.15) is 18.2 Å². The van der Waals surface area contributed by atoms with Crippen molar-refractivity contribution in [1.29, 1.82) is 0 Å². The molecule has 1 atom stereocenters. The monoisotopic (exact) mass is 445 g/mol. The Morgan fingerprint density at radius 1 is 1.19 bits per heavy atom. The highest BCUT2D eigenvalue weighted by Crippen LogP contribution is 2.35. The van der Waals surface area contributed by atoms with Crippen molar-refractivity contribution in [3.8, 4) is 17.1 Å². The van der Waals surface area contributed by atoms with Gasteiger partial charge < -0.3 is 14.2 Å². The van der Waals surface area contributed by atoms with Crippen molar-refractivity contribution in [2.75, 3.05) is 0 Å². The first-order chi connectivity index (χ1) is 15.2. The average molecular weight is 445 g/mol. The van der Waals surface area contributed by atoms with E-state index in [-0.39, 0.29) is 30.9 Å². The van der Waals surface area contributed by atoms with E-state index in [2.05, 4.69) is 10.1 Å². The molecular weight excluding hydrogens is 423 g/mol. The Balaban J connectivity index is 1.52. The van der Waals surface area contributed by atoms with E-state index in [1.165, 1.54) is 11.0 Å². The molecule has 0 N–H and O–H groups in total. The summed E-state index contributed by atoms with van der Waals surface area (Å²) in [5, 5.41) is 4.02. The molecule has 0 aliphatic carbocycles. The number of alkyl halides is 3. The first-order valence-corrected chi connectivity index (χ1v) is 10.3. The fourth-order valence-electron chi connectivity index (χ4n) is 3.67. The Kier molecular flexibility index (Phi) is 5.90. The second-order valence-corrected chi connectivity index (χ2v) is 7.92. The molecule has 0 spiro atoms. The second-order valence-electron chi connectivity index (χ2n) is 7.92. The van der Waals surface area contributed by atoms with E-state index in [9.17, 15) is 18.0 Å². The van der Waals surface area contributed by atoms with Crippen molar-refractivity contribution in [2.24, 2.45) is 0 Å². The van der Waals surface area contributed by atoms with Crippen molar-refractivity contribution in [3.05, 3.63) is 65.5 Å². The number of carbonyl (C=O) groups is 1. The molecule has 0 bridgehead atoms. The number of nitrogens with zero attached hydrogens (tertiary/aromatic N) is 3. The van der Waals surface area contributed by atoms with Gasteiger partial charge in [-0.25, -0.2) is 0 Å². The van der Waals surface area contributed by atoms with Crippen LogP contribution in [-0.2, 0) is 17.5 Å². The number of rotatable bonds is 6. The molecule has 32 heavy (non-hydrogen) atoms. The van der Waals surface area contributed by atoms with Crippen LogP contribution in [0.4, 0.5) is 13.2 Å². The van der Waals surface area contributed by atoms with Crippen LogP contribution in [0.15, 0.2) is 53.1 Å². The summed E-state index contributed by atoms with van der Waals surface area (Å²) in [6.07, 6.45) is -3.66. The zero-order valence-corrected chi connectivity index (χ0v) is 17.6. The van der Waals surface area contributed by atoms with Gasteiger partial charge in [-0.3, -0.25) is 4.79 Å². The molecule has 1 aliphatic heterocycles. The molecule has 1 aliphatic rings. The molecule has 1 saturated heterocycles. The number of halogens is 3. The van der Waals surface area contributed by atoms with Gasteiger partial charge in [-0.05, 0) is 62.2 Å². The predicted octanol–water partition coefficient (Wildman–Crippen LogP) is 5.41. The van der Waals surface area contributed by atoms with Crippen LogP contribution in [0.3, 0.4) is 0 Å². The fourth-order valence-corrected chi connectivity index (χ4v) is 3.67. The normalized spacial score (nSPS) is 16.8. The zero-order valence-electron chi connectivity index (χ0n) is 17.6. The number of hydrogen-bond donors (Lipinski definition) is 0. The predicted molar refractivity (Wildman–Crippen MR) is 109 cm³/mol. The van der Waals surface area contributed by atoms with E-state index in [4.69, 9.17) is 9.26 Å². The first-order valence-electron chi connectivity index (χ1n) is 10.3. The maximum absolute atomic E-state index is 13.0. The third-order valence-electron chi connectivity index (χ3n) is 5.15. The van der Waals surface area contributed by atoms with Gasteiger partial charge in [0.1, 0.15) is 11.8 Å². The van der Waals surface area contributed by atoms with Gasteiger partial charge in [-0.1, -0.05) is 17.3 Å². The highest BCUT2D eigenvalue weighted by molar-refractivity contribution is 5.78. The minimum atomic E-state index is -4.44. The van der Waals surface area contributed by atoms with Crippen LogP contribution in [0, 0.1) is 0 Å². The van der Waals surface area contributed by atoms with Crippen molar-refractivity contribution < 1.29 is 27.2 Å². The van der Waals surface area contributed by atoms with Gasteiger partial charge in [0.05, 0.1) is 11.7 Å². The summed E-state index contributed by atoms with van der Waals surface area (Å²) in [5.74, 6) is 1.19. The van der Waals surface area contributed by atoms with Crippen molar-refractivity contribution in [1.82, 2.24) is 15.0 Å². The number of aromatic nitrogens is 2. The topological polar surface area (TPSA) is 68.5 Å². The molecule has 1 amide bonds. The summed E-state index contributed by atoms with van der Waals surface area (Å²) in [6, 6.07) is 11.7. The number of amides is 1. The number of benzene rings is 2. The Morgan fingerprint density at radius 3 is 2.62 bits per heavy atom. The van der Waals surface area contributed by atoms with Crippen LogP contribution in [0.5, 0.6) is 5.75 Å². The molecule has 0 radical (unpaired) electrons. The number of carbonyl (C=O) groups excluding carboxylic acids is 1. The molecule has 9 heteroatoms. The van der Waals surface area contributed by atoms with Crippen LogP contribution in [0.1, 0.15) is 49.7 Å². The lowest BCUT2D eigenvalue weighted by molar-refractivity contribution is -0.137. The van der Waals surface area contributed by atoms with E-state index in [0.717, 1.165) is 23.4 Å². The number of hydrogen-bond acceptors (Lipinski definition) is 5. The summed E-state index contributed by atoms with van der Waals surface area (Å²) >= 11 is 0. The van der Waals surface area contributed by atoms with Gasteiger partial charge in [0.2, 0.25) is 17.6 Å². The Morgan fingerprint density at radius 2 is 1.94 bits per heavy atom. The minimum Gasteiger partial charge on any atom is -0.491 e. The molecule has 168 valence electrons. The van der Waals surface area contributed by atoms with Crippen molar-refractivity contribution >= 4 is 5.91 Å². The van der Waals surface area contributed by atoms with Gasteiger partial charge in [0.15, 0.2) is 0 Å². The Labute approximate surface area is 183 Å². The lowest BCUT2D eigenvalue weighted by Crippen LogP contribution is -2.27. The smallest absolute Gasteiger partial charge is 0.416 e. The average Bonchev–Trinajstić information content (AvgIpc) is 3.35. The van der Waals surface area contributed by atoms with E-state index >= 15 is 0 Å². The van der Waals surface area contributed by atoms with E-state index in [1.54, 1.807) is 6.07 Å². The quantitative estimate of drug-likeness (QED) is 0.508. The summed E-state index contributed by atoms with van der Waals surface area (Å²) in [5.41, 5.74) is 0.369. The molecule has 6 nitrogen and oxygen atoms in total. The largest absolute Gasteiger partial charge is 0.491 e. The standard InChI is InChI=1S/C23H22F3N3O3/c1-14(2)31-18-8-6-16(7-9-18)21-27-22(32-28-21)19-10-11-20(30)29(19)13-15-4-3-5-17(12-15)23(24,25)26/h3-9,12,14,19H,10-11,13H2,1-2H3. The second kappa shape index (κ2) is 8.64. The summed E-state index contributed by atoms with van der Waals surface area (Å²) < 4.78 is 50.1. The van der Waals surface area contributed by atoms with Gasteiger partial charge in [0.25, 0.3) is 0 Å². The molecular formula is C23H22F3N3O3. The Bertz CT molecular complexity index is 1090. The molecule has 1 unspecified atom stereocenters. The van der Waals surface area contributed by atoms with Crippen LogP contribution in [-0.4, -0.2) is 27.1 Å². The highest BCUT2D eigenvalue weighted by Gasteiger charge is 2.36. The maximum atomic E-state index is 13.0. The van der Waals surface area contributed by atoms with E-state index in [1.807, 2.05) is 38.1 Å². The molecule has 1 aromatic heterocycles. The molecule has 4 rings (SSSR count). The molecule has 3 aromatic rings. The third-order valence-corrected chi connectivity index (χ3v) is 5.15. The van der Waals surface area contributed by atoms with Crippen molar-refractivity contribution in [3.63, 3.8) is 0 Å². The Hall–Kier alpha value is -3.36. The molecule has 0 saturated carbocycles. The zero-order chi connectivity index (χ0) is 22.9. The third kappa shape index (κ3) is 4.76. The number of likely N-dealkylation sites (tertiary alicyclic amines) is 1. The molecule has 2 aromatic carbocycles. The van der Waals surface area contributed by atoms with Crippen LogP contribution in [0.25, 0.3) is 11.4 Å². The van der Waals surface area contributed by atoms with Crippen LogP contribution < -0.4 is 4.74 Å². The van der Waals surface area contributed by atoms with Crippen molar-refractivity contribution in [2.45, 2.75) is 51.6 Å².